The molecule has 1 aromatic carbocycles. The van der Waals surface area contributed by atoms with Crippen LogP contribution in [0.1, 0.15) is 72.3 Å². The van der Waals surface area contributed by atoms with Crippen molar-refractivity contribution in [2.75, 3.05) is 13.7 Å². The summed E-state index contributed by atoms with van der Waals surface area (Å²) in [6.07, 6.45) is -0.897. The number of hydrogen-bond acceptors (Lipinski definition) is 9. The summed E-state index contributed by atoms with van der Waals surface area (Å²) in [6.45, 7) is 8.74. The predicted molar refractivity (Wildman–Crippen MR) is 179 cm³/mol. The number of amides is 6. The van der Waals surface area contributed by atoms with Crippen LogP contribution in [0.15, 0.2) is 30.3 Å². The Kier molecular flexibility index (Phi) is 16.1. The van der Waals surface area contributed by atoms with E-state index in [9.17, 15) is 38.7 Å². The first kappa shape index (κ1) is 40.6. The van der Waals surface area contributed by atoms with Crippen LogP contribution in [0.5, 0.6) is 0 Å². The van der Waals surface area contributed by atoms with Crippen molar-refractivity contribution in [2.45, 2.75) is 109 Å². The highest BCUT2D eigenvalue weighted by Crippen LogP contribution is 2.21. The van der Waals surface area contributed by atoms with Gasteiger partial charge in [0.2, 0.25) is 29.5 Å². The molecule has 1 aliphatic heterocycles. The molecule has 0 saturated carbocycles. The van der Waals surface area contributed by atoms with E-state index in [-0.39, 0.29) is 37.6 Å². The third-order valence-electron chi connectivity index (χ3n) is 8.50. The molecule has 1 fully saturated rings. The molecular weight excluding hydrogens is 636 g/mol. The average molecular weight is 689 g/mol. The molecule has 1 saturated heterocycles. The third-order valence-corrected chi connectivity index (χ3v) is 8.50. The lowest BCUT2D eigenvalue weighted by molar-refractivity contribution is -0.150. The number of ether oxygens (including phenoxy) is 1. The van der Waals surface area contributed by atoms with Crippen LogP contribution < -0.4 is 27.0 Å². The summed E-state index contributed by atoms with van der Waals surface area (Å²) < 4.78 is 4.86. The van der Waals surface area contributed by atoms with E-state index in [1.807, 2.05) is 20.8 Å². The molecule has 0 radical (unpaired) electrons. The predicted octanol–water partition coefficient (Wildman–Crippen LogP) is -0.319. The lowest BCUT2D eigenvalue weighted by Gasteiger charge is -2.32. The van der Waals surface area contributed by atoms with Gasteiger partial charge in [-0.15, -0.1) is 0 Å². The zero-order valence-electron chi connectivity index (χ0n) is 29.2. The molecule has 1 aliphatic rings. The number of nitrogens with one attached hydrogen (secondary N) is 4. The highest BCUT2D eigenvalue weighted by Gasteiger charge is 2.41. The maximum Gasteiger partial charge on any atom is 0.328 e. The number of benzene rings is 1. The second-order valence-corrected chi connectivity index (χ2v) is 12.9. The quantitative estimate of drug-likeness (QED) is 0.111. The summed E-state index contributed by atoms with van der Waals surface area (Å²) in [7, 11) is 1.22. The fourth-order valence-corrected chi connectivity index (χ4v) is 5.71. The van der Waals surface area contributed by atoms with Crippen molar-refractivity contribution in [2.24, 2.45) is 17.6 Å². The van der Waals surface area contributed by atoms with Gasteiger partial charge in [-0.2, -0.15) is 0 Å². The Morgan fingerprint density at radius 1 is 0.959 bits per heavy atom. The van der Waals surface area contributed by atoms with Crippen LogP contribution in [0.3, 0.4) is 0 Å². The smallest absolute Gasteiger partial charge is 0.328 e. The number of carbonyl (C=O) groups is 7. The molecule has 0 aliphatic carbocycles. The first-order valence-corrected chi connectivity index (χ1v) is 16.7. The Bertz CT molecular complexity index is 1320. The van der Waals surface area contributed by atoms with Gasteiger partial charge >= 0.3 is 5.97 Å². The van der Waals surface area contributed by atoms with E-state index in [2.05, 4.69) is 21.3 Å². The normalized spacial score (nSPS) is 17.9. The van der Waals surface area contributed by atoms with Crippen LogP contribution in [0.2, 0.25) is 0 Å². The minimum absolute atomic E-state index is 0.000298. The molecule has 272 valence electrons. The Morgan fingerprint density at radius 3 is 2.14 bits per heavy atom. The van der Waals surface area contributed by atoms with Gasteiger partial charge in [-0.1, -0.05) is 64.4 Å². The monoisotopic (exact) mass is 688 g/mol. The highest BCUT2D eigenvalue weighted by molar-refractivity contribution is 5.95. The molecule has 1 aromatic rings. The van der Waals surface area contributed by atoms with Crippen molar-refractivity contribution in [3.63, 3.8) is 0 Å². The summed E-state index contributed by atoms with van der Waals surface area (Å²) in [5.74, 6) is -5.22. The fourth-order valence-electron chi connectivity index (χ4n) is 5.71. The van der Waals surface area contributed by atoms with Gasteiger partial charge in [0.25, 0.3) is 5.91 Å². The van der Waals surface area contributed by atoms with Gasteiger partial charge in [-0.05, 0) is 43.1 Å². The molecule has 0 aromatic heterocycles. The summed E-state index contributed by atoms with van der Waals surface area (Å²) in [5, 5.41) is 21.8. The van der Waals surface area contributed by atoms with Gasteiger partial charge in [0.1, 0.15) is 24.2 Å². The SMILES string of the molecule is CC[C@H](C)[C@H](NC(=O)[C@@H]1CCCN1C(=O)C(O)C(Cc1ccccc1)NC(=O)[C@H](CC(N)=O)NC(=O)[C@H](CC(C)C)NC(C)=O)C(=O)OC. The molecular formula is C34H52N6O9. The largest absolute Gasteiger partial charge is 0.467 e. The van der Waals surface area contributed by atoms with Crippen molar-refractivity contribution in [1.82, 2.24) is 26.2 Å². The molecule has 7 atom stereocenters. The molecule has 2 unspecified atom stereocenters. The summed E-state index contributed by atoms with van der Waals surface area (Å²) >= 11 is 0. The summed E-state index contributed by atoms with van der Waals surface area (Å²) in [6, 6.07) is 3.06. The standard InChI is InChI=1S/C34H52N6O9/c1-7-20(4)28(34(48)49-6)39-32(46)26-14-11-15-40(26)33(47)29(43)23(17-22-12-9-8-10-13-22)37-31(45)25(18-27(35)42)38-30(44)24(16-19(2)3)36-21(5)41/h8-10,12-13,19-20,23-26,28-29,43H,7,11,14-18H2,1-6H3,(H2,35,42)(H,36,41)(H,37,45)(H,38,44)(H,39,46)/t20-,23?,24-,25-,26-,28-,29?/m0/s1. The van der Waals surface area contributed by atoms with Crippen molar-refractivity contribution >= 4 is 41.4 Å². The van der Waals surface area contributed by atoms with Crippen LogP contribution in [0.25, 0.3) is 0 Å². The Hall–Kier alpha value is -4.53. The Labute approximate surface area is 287 Å². The lowest BCUT2D eigenvalue weighted by Crippen LogP contribution is -2.60. The van der Waals surface area contributed by atoms with Gasteiger partial charge in [-0.25, -0.2) is 4.79 Å². The molecule has 15 nitrogen and oxygen atoms in total. The number of primary amides is 1. The number of rotatable bonds is 18. The molecule has 49 heavy (non-hydrogen) atoms. The molecule has 6 amide bonds. The van der Waals surface area contributed by atoms with Gasteiger partial charge < -0.3 is 41.7 Å². The molecule has 15 heteroatoms. The molecule has 0 spiro atoms. The van der Waals surface area contributed by atoms with Crippen molar-refractivity contribution in [1.29, 1.82) is 0 Å². The number of likely N-dealkylation sites (tertiary alicyclic amines) is 1. The lowest BCUT2D eigenvalue weighted by atomic mass is 9.98. The van der Waals surface area contributed by atoms with Gasteiger partial charge in [0, 0.05) is 13.5 Å². The molecule has 0 bridgehead atoms. The fraction of sp³-hybridized carbons (Fsp3) is 0.618. The number of aliphatic hydroxyl groups is 1. The number of esters is 1. The van der Waals surface area contributed by atoms with Crippen LogP contribution in [0, 0.1) is 11.8 Å². The number of carbonyl (C=O) groups excluding carboxylic acids is 7. The molecule has 2 rings (SSSR count). The second kappa shape index (κ2) is 19.5. The highest BCUT2D eigenvalue weighted by atomic mass is 16.5. The van der Waals surface area contributed by atoms with E-state index in [0.717, 1.165) is 0 Å². The van der Waals surface area contributed by atoms with E-state index in [1.54, 1.807) is 37.3 Å². The van der Waals surface area contributed by atoms with E-state index in [1.165, 1.54) is 18.9 Å². The maximum atomic E-state index is 13.8. The minimum atomic E-state index is -1.85. The maximum absolute atomic E-state index is 13.8. The van der Waals surface area contributed by atoms with Crippen LogP contribution >= 0.6 is 0 Å². The second-order valence-electron chi connectivity index (χ2n) is 12.9. The van der Waals surface area contributed by atoms with E-state index < -0.39 is 84.1 Å². The first-order valence-electron chi connectivity index (χ1n) is 16.7. The number of hydrogen-bond donors (Lipinski definition) is 6. The number of methoxy groups -OCH3 is 1. The van der Waals surface area contributed by atoms with Crippen LogP contribution in [0.4, 0.5) is 0 Å². The van der Waals surface area contributed by atoms with Crippen molar-refractivity contribution < 1.29 is 43.4 Å². The number of aliphatic hydroxyl groups excluding tert-OH is 1. The van der Waals surface area contributed by atoms with Gasteiger partial charge in [0.05, 0.1) is 19.6 Å². The molecule has 1 heterocycles. The van der Waals surface area contributed by atoms with Crippen LogP contribution in [-0.4, -0.2) is 101 Å². The zero-order valence-corrected chi connectivity index (χ0v) is 29.2. The average Bonchev–Trinajstić information content (AvgIpc) is 3.55. The Morgan fingerprint density at radius 2 is 1.59 bits per heavy atom. The zero-order chi connectivity index (χ0) is 36.8. The molecule has 7 N–H and O–H groups in total. The van der Waals surface area contributed by atoms with E-state index in [0.29, 0.717) is 18.4 Å². The van der Waals surface area contributed by atoms with E-state index in [4.69, 9.17) is 10.5 Å². The minimum Gasteiger partial charge on any atom is -0.467 e. The Balaban J connectivity index is 2.35. The van der Waals surface area contributed by atoms with Crippen LogP contribution in [-0.2, 0) is 44.7 Å². The summed E-state index contributed by atoms with van der Waals surface area (Å²) in [5.41, 5.74) is 6.06. The summed E-state index contributed by atoms with van der Waals surface area (Å²) in [4.78, 5) is 91.4. The topological polar surface area (TPSA) is 226 Å². The van der Waals surface area contributed by atoms with Gasteiger partial charge in [0.15, 0.2) is 6.10 Å². The first-order chi connectivity index (χ1) is 23.1. The van der Waals surface area contributed by atoms with Gasteiger partial charge in [-0.3, -0.25) is 28.8 Å². The third kappa shape index (κ3) is 12.5. The van der Waals surface area contributed by atoms with E-state index >= 15 is 0 Å². The number of nitrogens with two attached hydrogens (primary N) is 1. The van der Waals surface area contributed by atoms with Crippen molar-refractivity contribution in [3.05, 3.63) is 35.9 Å². The number of nitrogens with zero attached hydrogens (tertiary/aromatic N) is 1. The van der Waals surface area contributed by atoms with Crippen molar-refractivity contribution in [3.8, 4) is 0 Å².